The number of nitrogens with zero attached hydrogens (tertiary/aromatic N) is 4. The molecule has 1 aliphatic heterocycles. The molecule has 2 rings (SSSR count). The highest BCUT2D eigenvalue weighted by Crippen LogP contribution is 2.24. The van der Waals surface area contributed by atoms with Gasteiger partial charge in [-0.05, 0) is 20.0 Å². The molecule has 1 saturated heterocycles. The average molecular weight is 240 g/mol. The standard InChI is InChI=1S/C11H20N4S/c1-4-10-12-11(16-13-10)15-7-6-9(8-15)14(3)5-2/h9H,4-8H2,1-3H3. The van der Waals surface area contributed by atoms with Crippen molar-refractivity contribution in [3.63, 3.8) is 0 Å². The van der Waals surface area contributed by atoms with E-state index in [2.05, 4.69) is 40.1 Å². The number of aromatic nitrogens is 2. The van der Waals surface area contributed by atoms with Crippen molar-refractivity contribution >= 4 is 16.7 Å². The van der Waals surface area contributed by atoms with E-state index in [4.69, 9.17) is 0 Å². The van der Waals surface area contributed by atoms with Crippen LogP contribution in [-0.2, 0) is 6.42 Å². The van der Waals surface area contributed by atoms with Gasteiger partial charge in [0.05, 0.1) is 0 Å². The molecule has 0 spiro atoms. The summed E-state index contributed by atoms with van der Waals surface area (Å²) in [6, 6.07) is 0.680. The van der Waals surface area contributed by atoms with Gasteiger partial charge in [-0.2, -0.15) is 4.37 Å². The fourth-order valence-electron chi connectivity index (χ4n) is 2.05. The summed E-state index contributed by atoms with van der Waals surface area (Å²) >= 11 is 1.54. The van der Waals surface area contributed by atoms with Gasteiger partial charge in [0.2, 0.25) is 5.13 Å². The van der Waals surface area contributed by atoms with Gasteiger partial charge in [-0.15, -0.1) is 0 Å². The second-order valence-electron chi connectivity index (χ2n) is 4.31. The van der Waals surface area contributed by atoms with E-state index >= 15 is 0 Å². The van der Waals surface area contributed by atoms with Crippen LogP contribution in [0, 0.1) is 0 Å². The Balaban J connectivity index is 1.97. The Morgan fingerprint density at radius 2 is 2.31 bits per heavy atom. The van der Waals surface area contributed by atoms with E-state index in [1.165, 1.54) is 18.0 Å². The van der Waals surface area contributed by atoms with E-state index in [-0.39, 0.29) is 0 Å². The van der Waals surface area contributed by atoms with Crippen LogP contribution in [0.2, 0.25) is 0 Å². The second kappa shape index (κ2) is 5.10. The summed E-state index contributed by atoms with van der Waals surface area (Å²) in [6.07, 6.45) is 2.17. The lowest BCUT2D eigenvalue weighted by Gasteiger charge is -2.22. The Morgan fingerprint density at radius 3 is 2.94 bits per heavy atom. The molecule has 2 heterocycles. The van der Waals surface area contributed by atoms with E-state index in [1.807, 2.05) is 0 Å². The maximum absolute atomic E-state index is 4.55. The van der Waals surface area contributed by atoms with Gasteiger partial charge < -0.3 is 9.80 Å². The number of anilines is 1. The van der Waals surface area contributed by atoms with Gasteiger partial charge in [-0.3, -0.25) is 0 Å². The molecule has 0 bridgehead atoms. The predicted molar refractivity (Wildman–Crippen MR) is 68.2 cm³/mol. The zero-order valence-electron chi connectivity index (χ0n) is 10.3. The quantitative estimate of drug-likeness (QED) is 0.801. The molecular formula is C11H20N4S. The Morgan fingerprint density at radius 1 is 1.50 bits per heavy atom. The summed E-state index contributed by atoms with van der Waals surface area (Å²) in [5.74, 6) is 0.979. The second-order valence-corrected chi connectivity index (χ2v) is 5.04. The van der Waals surface area contributed by atoms with E-state index < -0.39 is 0 Å². The molecule has 0 saturated carbocycles. The third-order valence-corrected chi connectivity index (χ3v) is 4.14. The van der Waals surface area contributed by atoms with Crippen molar-refractivity contribution in [3.8, 4) is 0 Å². The average Bonchev–Trinajstić information content (AvgIpc) is 2.95. The SMILES string of the molecule is CCc1nsc(N2CCC(N(C)CC)C2)n1. The molecule has 1 aromatic rings. The van der Waals surface area contributed by atoms with Crippen molar-refractivity contribution in [1.29, 1.82) is 0 Å². The molecule has 1 aromatic heterocycles. The van der Waals surface area contributed by atoms with Gasteiger partial charge in [-0.25, -0.2) is 4.98 Å². The monoisotopic (exact) mass is 240 g/mol. The molecule has 5 heteroatoms. The van der Waals surface area contributed by atoms with Crippen LogP contribution in [0.15, 0.2) is 0 Å². The predicted octanol–water partition coefficient (Wildman–Crippen LogP) is 1.63. The van der Waals surface area contributed by atoms with Gasteiger partial charge in [-0.1, -0.05) is 13.8 Å². The highest BCUT2D eigenvalue weighted by molar-refractivity contribution is 7.09. The van der Waals surface area contributed by atoms with Crippen molar-refractivity contribution in [2.24, 2.45) is 0 Å². The number of rotatable bonds is 4. The summed E-state index contributed by atoms with van der Waals surface area (Å²) in [4.78, 5) is 9.33. The lowest BCUT2D eigenvalue weighted by Crippen LogP contribution is -2.34. The van der Waals surface area contributed by atoms with E-state index in [9.17, 15) is 0 Å². The molecule has 16 heavy (non-hydrogen) atoms. The third kappa shape index (κ3) is 2.35. The number of aryl methyl sites for hydroxylation is 1. The van der Waals surface area contributed by atoms with Crippen LogP contribution in [0.4, 0.5) is 5.13 Å². The molecule has 1 aliphatic rings. The summed E-state index contributed by atoms with van der Waals surface area (Å²) in [5.41, 5.74) is 0. The maximum Gasteiger partial charge on any atom is 0.205 e. The van der Waals surface area contributed by atoms with Crippen molar-refractivity contribution in [2.75, 3.05) is 31.6 Å². The van der Waals surface area contributed by atoms with Crippen LogP contribution >= 0.6 is 11.5 Å². The summed E-state index contributed by atoms with van der Waals surface area (Å²) in [7, 11) is 2.20. The van der Waals surface area contributed by atoms with Crippen molar-refractivity contribution < 1.29 is 0 Å². The van der Waals surface area contributed by atoms with Gasteiger partial charge in [0.25, 0.3) is 0 Å². The molecular weight excluding hydrogens is 220 g/mol. The Labute approximate surface area is 101 Å². The van der Waals surface area contributed by atoms with Crippen molar-refractivity contribution in [2.45, 2.75) is 32.7 Å². The largest absolute Gasteiger partial charge is 0.345 e. The lowest BCUT2D eigenvalue weighted by atomic mass is 10.2. The first-order valence-corrected chi connectivity index (χ1v) is 6.79. The van der Waals surface area contributed by atoms with Crippen LogP contribution in [0.5, 0.6) is 0 Å². The minimum absolute atomic E-state index is 0.680. The van der Waals surface area contributed by atoms with Gasteiger partial charge >= 0.3 is 0 Å². The number of hydrogen-bond acceptors (Lipinski definition) is 5. The highest BCUT2D eigenvalue weighted by Gasteiger charge is 2.26. The molecule has 4 nitrogen and oxygen atoms in total. The van der Waals surface area contributed by atoms with Gasteiger partial charge in [0.15, 0.2) is 0 Å². The van der Waals surface area contributed by atoms with Crippen LogP contribution in [0.25, 0.3) is 0 Å². The molecule has 0 aliphatic carbocycles. The topological polar surface area (TPSA) is 32.3 Å². The number of likely N-dealkylation sites (N-methyl/N-ethyl adjacent to an activating group) is 1. The summed E-state index contributed by atoms with van der Waals surface area (Å²) in [6.45, 7) is 7.65. The van der Waals surface area contributed by atoms with E-state index in [1.54, 1.807) is 0 Å². The van der Waals surface area contributed by atoms with Crippen LogP contribution in [0.1, 0.15) is 26.1 Å². The fourth-order valence-corrected chi connectivity index (χ4v) is 2.83. The van der Waals surface area contributed by atoms with Crippen molar-refractivity contribution in [1.82, 2.24) is 14.3 Å². The normalized spacial score (nSPS) is 21.0. The van der Waals surface area contributed by atoms with E-state index in [0.29, 0.717) is 6.04 Å². The minimum Gasteiger partial charge on any atom is -0.345 e. The maximum atomic E-state index is 4.55. The molecule has 0 N–H and O–H groups in total. The Bertz CT molecular complexity index is 338. The smallest absolute Gasteiger partial charge is 0.205 e. The van der Waals surface area contributed by atoms with Gasteiger partial charge in [0, 0.05) is 37.1 Å². The van der Waals surface area contributed by atoms with Gasteiger partial charge in [0.1, 0.15) is 5.82 Å². The van der Waals surface area contributed by atoms with Crippen LogP contribution < -0.4 is 4.90 Å². The summed E-state index contributed by atoms with van der Waals surface area (Å²) in [5, 5.41) is 1.10. The zero-order valence-corrected chi connectivity index (χ0v) is 11.1. The molecule has 0 amide bonds. The Hall–Kier alpha value is -0.680. The number of hydrogen-bond donors (Lipinski definition) is 0. The first kappa shape index (κ1) is 11.8. The lowest BCUT2D eigenvalue weighted by molar-refractivity contribution is 0.272. The fraction of sp³-hybridized carbons (Fsp3) is 0.818. The van der Waals surface area contributed by atoms with Crippen LogP contribution in [-0.4, -0.2) is 47.0 Å². The van der Waals surface area contributed by atoms with Crippen LogP contribution in [0.3, 0.4) is 0 Å². The zero-order chi connectivity index (χ0) is 11.5. The molecule has 0 radical (unpaired) electrons. The highest BCUT2D eigenvalue weighted by atomic mass is 32.1. The van der Waals surface area contributed by atoms with Crippen molar-refractivity contribution in [3.05, 3.63) is 5.82 Å². The molecule has 1 fully saturated rings. The first-order chi connectivity index (χ1) is 7.74. The summed E-state index contributed by atoms with van der Waals surface area (Å²) < 4.78 is 4.34. The Kier molecular flexibility index (Phi) is 3.76. The minimum atomic E-state index is 0.680. The molecule has 1 unspecified atom stereocenters. The molecule has 0 aromatic carbocycles. The molecule has 90 valence electrons. The van der Waals surface area contributed by atoms with E-state index in [0.717, 1.165) is 37.0 Å². The third-order valence-electron chi connectivity index (χ3n) is 3.33. The first-order valence-electron chi connectivity index (χ1n) is 6.02. The molecule has 1 atom stereocenters.